The van der Waals surface area contributed by atoms with E-state index in [1.165, 1.54) is 4.52 Å². The number of aromatic nitrogens is 5. The molecule has 16 heavy (non-hydrogen) atoms. The fourth-order valence-electron chi connectivity index (χ4n) is 1.09. The average molecular weight is 222 g/mol. The second kappa shape index (κ2) is 4.01. The van der Waals surface area contributed by atoms with Gasteiger partial charge in [-0.1, -0.05) is 6.92 Å². The minimum Gasteiger partial charge on any atom is -0.475 e. The number of tetrazole rings is 1. The molecule has 0 saturated heterocycles. The first-order valence-corrected chi connectivity index (χ1v) is 5.06. The van der Waals surface area contributed by atoms with Gasteiger partial charge in [0, 0.05) is 5.54 Å². The summed E-state index contributed by atoms with van der Waals surface area (Å²) in [5, 5.41) is 11.1. The molecule has 2 aromatic heterocycles. The molecule has 1 atom stereocenters. The lowest BCUT2D eigenvalue weighted by molar-refractivity contribution is 0.213. The van der Waals surface area contributed by atoms with Crippen molar-refractivity contribution in [3.8, 4) is 5.88 Å². The molecule has 7 nitrogen and oxygen atoms in total. The fourth-order valence-corrected chi connectivity index (χ4v) is 1.09. The summed E-state index contributed by atoms with van der Waals surface area (Å²) in [6.45, 7) is 4.34. The second-order valence-electron chi connectivity index (χ2n) is 3.99. The first-order valence-electron chi connectivity index (χ1n) is 5.06. The highest BCUT2D eigenvalue weighted by atomic mass is 16.5. The molecule has 0 saturated carbocycles. The van der Waals surface area contributed by atoms with E-state index in [1.807, 2.05) is 13.8 Å². The van der Waals surface area contributed by atoms with Crippen LogP contribution in [0.15, 0.2) is 12.4 Å². The summed E-state index contributed by atoms with van der Waals surface area (Å²) in [4.78, 5) is 3.98. The molecule has 2 N–H and O–H groups in total. The summed E-state index contributed by atoms with van der Waals surface area (Å²) >= 11 is 0. The van der Waals surface area contributed by atoms with Crippen LogP contribution in [0.1, 0.15) is 20.3 Å². The maximum atomic E-state index is 5.98. The minimum absolute atomic E-state index is 0.365. The van der Waals surface area contributed by atoms with Crippen molar-refractivity contribution in [1.29, 1.82) is 0 Å². The maximum Gasteiger partial charge on any atom is 0.237 e. The Morgan fingerprint density at radius 3 is 3.06 bits per heavy atom. The number of hydrogen-bond acceptors (Lipinski definition) is 6. The molecular formula is C9H14N6O. The number of rotatable bonds is 4. The van der Waals surface area contributed by atoms with Gasteiger partial charge in [-0.2, -0.15) is 4.52 Å². The van der Waals surface area contributed by atoms with Crippen LogP contribution in [0.5, 0.6) is 5.88 Å². The van der Waals surface area contributed by atoms with E-state index in [4.69, 9.17) is 10.5 Å². The minimum atomic E-state index is -0.365. The molecule has 86 valence electrons. The number of nitrogens with zero attached hydrogens (tertiary/aromatic N) is 5. The van der Waals surface area contributed by atoms with Gasteiger partial charge in [0.25, 0.3) is 0 Å². The van der Waals surface area contributed by atoms with Gasteiger partial charge in [-0.25, -0.2) is 0 Å². The van der Waals surface area contributed by atoms with Crippen molar-refractivity contribution in [1.82, 2.24) is 25.0 Å². The van der Waals surface area contributed by atoms with Gasteiger partial charge in [0.2, 0.25) is 11.5 Å². The van der Waals surface area contributed by atoms with Gasteiger partial charge in [-0.15, -0.1) is 5.10 Å². The molecule has 1 unspecified atom stereocenters. The summed E-state index contributed by atoms with van der Waals surface area (Å²) in [5.74, 6) is 0.493. The van der Waals surface area contributed by atoms with Crippen molar-refractivity contribution in [3.05, 3.63) is 12.4 Å². The van der Waals surface area contributed by atoms with Gasteiger partial charge in [-0.3, -0.25) is 4.98 Å². The number of ether oxygens (including phenoxy) is 1. The third kappa shape index (κ3) is 2.08. The average Bonchev–Trinajstić information content (AvgIpc) is 2.75. The Morgan fingerprint density at radius 1 is 1.50 bits per heavy atom. The molecule has 0 aliphatic heterocycles. The van der Waals surface area contributed by atoms with Gasteiger partial charge in [-0.05, 0) is 23.8 Å². The van der Waals surface area contributed by atoms with Gasteiger partial charge >= 0.3 is 0 Å². The van der Waals surface area contributed by atoms with Crippen molar-refractivity contribution in [3.63, 3.8) is 0 Å². The highest BCUT2D eigenvalue weighted by Gasteiger charge is 2.17. The summed E-state index contributed by atoms with van der Waals surface area (Å²) in [7, 11) is 0. The van der Waals surface area contributed by atoms with E-state index < -0.39 is 0 Å². The Hall–Kier alpha value is -1.76. The van der Waals surface area contributed by atoms with Gasteiger partial charge in [0.15, 0.2) is 0 Å². The molecule has 2 aromatic rings. The lowest BCUT2D eigenvalue weighted by Gasteiger charge is -2.22. The second-order valence-corrected chi connectivity index (χ2v) is 3.99. The SMILES string of the molecule is CCC(C)(N)COc1cncc2nnnn12. The van der Waals surface area contributed by atoms with Crippen LogP contribution in [-0.4, -0.2) is 37.2 Å². The predicted octanol–water partition coefficient (Wildman–Crippen LogP) is 0.0255. The van der Waals surface area contributed by atoms with E-state index in [0.29, 0.717) is 18.1 Å². The number of fused-ring (bicyclic) bond motifs is 1. The molecule has 0 amide bonds. The Kier molecular flexibility index (Phi) is 2.69. The normalized spacial score (nSPS) is 14.9. The molecule has 2 heterocycles. The number of nitrogens with two attached hydrogens (primary N) is 1. The summed E-state index contributed by atoms with van der Waals surface area (Å²) in [5.41, 5.74) is 6.16. The highest BCUT2D eigenvalue weighted by Crippen LogP contribution is 2.12. The molecule has 7 heteroatoms. The van der Waals surface area contributed by atoms with Crippen molar-refractivity contribution < 1.29 is 4.74 Å². The predicted molar refractivity (Wildman–Crippen MR) is 57.0 cm³/mol. The monoisotopic (exact) mass is 222 g/mol. The van der Waals surface area contributed by atoms with Crippen LogP contribution in [0, 0.1) is 0 Å². The van der Waals surface area contributed by atoms with E-state index in [2.05, 4.69) is 20.5 Å². The molecule has 0 aliphatic rings. The zero-order valence-corrected chi connectivity index (χ0v) is 9.29. The first kappa shape index (κ1) is 10.7. The molecule has 0 aliphatic carbocycles. The lowest BCUT2D eigenvalue weighted by Crippen LogP contribution is -2.41. The Labute approximate surface area is 92.6 Å². The van der Waals surface area contributed by atoms with Crippen molar-refractivity contribution in [2.24, 2.45) is 5.73 Å². The van der Waals surface area contributed by atoms with Crippen molar-refractivity contribution in [2.45, 2.75) is 25.8 Å². The van der Waals surface area contributed by atoms with E-state index in [0.717, 1.165) is 6.42 Å². The maximum absolute atomic E-state index is 5.98. The molecule has 2 rings (SSSR count). The molecule has 0 radical (unpaired) electrons. The summed E-state index contributed by atoms with van der Waals surface area (Å²) < 4.78 is 7.05. The zero-order chi connectivity index (χ0) is 11.6. The third-order valence-corrected chi connectivity index (χ3v) is 2.43. The molecular weight excluding hydrogens is 208 g/mol. The summed E-state index contributed by atoms with van der Waals surface area (Å²) in [6.07, 6.45) is 3.95. The van der Waals surface area contributed by atoms with Gasteiger partial charge in [0.1, 0.15) is 6.61 Å². The van der Waals surface area contributed by atoms with Crippen LogP contribution in [0.3, 0.4) is 0 Å². The van der Waals surface area contributed by atoms with Crippen LogP contribution < -0.4 is 10.5 Å². The van der Waals surface area contributed by atoms with Crippen LogP contribution in [0.4, 0.5) is 0 Å². The smallest absolute Gasteiger partial charge is 0.237 e. The van der Waals surface area contributed by atoms with Gasteiger partial charge in [0.05, 0.1) is 12.4 Å². The first-order chi connectivity index (χ1) is 7.62. The molecule has 0 aromatic carbocycles. The Morgan fingerprint density at radius 2 is 2.31 bits per heavy atom. The fraction of sp³-hybridized carbons (Fsp3) is 0.556. The van der Waals surface area contributed by atoms with Crippen LogP contribution in [0.25, 0.3) is 5.65 Å². The number of hydrogen-bond donors (Lipinski definition) is 1. The molecule has 0 spiro atoms. The zero-order valence-electron chi connectivity index (χ0n) is 9.29. The van der Waals surface area contributed by atoms with E-state index >= 15 is 0 Å². The van der Waals surface area contributed by atoms with E-state index in [1.54, 1.807) is 12.4 Å². The highest BCUT2D eigenvalue weighted by molar-refractivity contribution is 5.34. The van der Waals surface area contributed by atoms with E-state index in [-0.39, 0.29) is 5.54 Å². The quantitative estimate of drug-likeness (QED) is 0.784. The third-order valence-electron chi connectivity index (χ3n) is 2.43. The van der Waals surface area contributed by atoms with Crippen LogP contribution in [0.2, 0.25) is 0 Å². The molecule has 0 bridgehead atoms. The standard InChI is InChI=1S/C9H14N6O/c1-3-9(2,10)6-16-8-5-11-4-7-12-13-14-15(7)8/h4-5H,3,6,10H2,1-2H3. The van der Waals surface area contributed by atoms with Crippen LogP contribution in [-0.2, 0) is 0 Å². The topological polar surface area (TPSA) is 91.2 Å². The van der Waals surface area contributed by atoms with Crippen LogP contribution >= 0.6 is 0 Å². The Balaban J connectivity index is 2.18. The van der Waals surface area contributed by atoms with Crippen molar-refractivity contribution in [2.75, 3.05) is 6.61 Å². The summed E-state index contributed by atoms with van der Waals surface area (Å²) in [6, 6.07) is 0. The van der Waals surface area contributed by atoms with Gasteiger partial charge < -0.3 is 10.5 Å². The Bertz CT molecular complexity index is 480. The largest absolute Gasteiger partial charge is 0.475 e. The molecule has 0 fully saturated rings. The van der Waals surface area contributed by atoms with E-state index in [9.17, 15) is 0 Å². The lowest BCUT2D eigenvalue weighted by atomic mass is 10.0. The van der Waals surface area contributed by atoms with Crippen molar-refractivity contribution >= 4 is 5.65 Å².